The van der Waals surface area contributed by atoms with Gasteiger partial charge >= 0.3 is 0 Å². The Morgan fingerprint density at radius 1 is 1.11 bits per heavy atom. The molecule has 0 heterocycles. The largest absolute Gasteiger partial charge is 0.307 e. The van der Waals surface area contributed by atoms with E-state index in [-0.39, 0.29) is 16.9 Å². The van der Waals surface area contributed by atoms with Crippen molar-refractivity contribution in [3.8, 4) is 0 Å². The molecule has 0 saturated carbocycles. The molecule has 2 aromatic carbocycles. The highest BCUT2D eigenvalue weighted by Gasteiger charge is 2.15. The Balaban J connectivity index is 2.42. The van der Waals surface area contributed by atoms with E-state index in [1.807, 2.05) is 13.0 Å². The van der Waals surface area contributed by atoms with E-state index < -0.39 is 5.82 Å². The fourth-order valence-electron chi connectivity index (χ4n) is 2.01. The number of halogens is 3. The summed E-state index contributed by atoms with van der Waals surface area (Å²) in [7, 11) is 0. The average Bonchev–Trinajstić information content (AvgIpc) is 2.39. The Bertz CT molecular complexity index is 572. The van der Waals surface area contributed by atoms with Crippen molar-refractivity contribution in [3.05, 3.63) is 70.2 Å². The molecule has 1 nitrogen and oxygen atoms in total. The SMILES string of the molecule is CCNC(c1cccc(F)c1)c1ccc(F)c(Cl)c1. The summed E-state index contributed by atoms with van der Waals surface area (Å²) in [6, 6.07) is 10.7. The van der Waals surface area contributed by atoms with Crippen LogP contribution in [0.3, 0.4) is 0 Å². The zero-order chi connectivity index (χ0) is 13.8. The molecule has 0 aliphatic heterocycles. The molecule has 19 heavy (non-hydrogen) atoms. The minimum absolute atomic E-state index is 0.0665. The van der Waals surface area contributed by atoms with Gasteiger partial charge in [-0.3, -0.25) is 0 Å². The van der Waals surface area contributed by atoms with E-state index in [1.165, 1.54) is 18.2 Å². The van der Waals surface area contributed by atoms with Crippen LogP contribution < -0.4 is 5.32 Å². The van der Waals surface area contributed by atoms with Gasteiger partial charge in [0.2, 0.25) is 0 Å². The summed E-state index contributed by atoms with van der Waals surface area (Å²) < 4.78 is 26.5. The topological polar surface area (TPSA) is 12.0 Å². The Labute approximate surface area is 116 Å². The lowest BCUT2D eigenvalue weighted by Gasteiger charge is -2.19. The van der Waals surface area contributed by atoms with Gasteiger partial charge < -0.3 is 5.32 Å². The van der Waals surface area contributed by atoms with E-state index in [4.69, 9.17) is 11.6 Å². The van der Waals surface area contributed by atoms with Gasteiger partial charge in [0.15, 0.2) is 0 Å². The quantitative estimate of drug-likeness (QED) is 0.880. The zero-order valence-electron chi connectivity index (χ0n) is 10.5. The van der Waals surface area contributed by atoms with Crippen LogP contribution in [0.15, 0.2) is 42.5 Å². The van der Waals surface area contributed by atoms with E-state index >= 15 is 0 Å². The van der Waals surface area contributed by atoms with Crippen molar-refractivity contribution in [2.24, 2.45) is 0 Å². The molecule has 0 saturated heterocycles. The molecule has 0 aliphatic rings. The predicted molar refractivity (Wildman–Crippen MR) is 73.3 cm³/mol. The fraction of sp³-hybridized carbons (Fsp3) is 0.200. The van der Waals surface area contributed by atoms with Gasteiger partial charge in [0, 0.05) is 0 Å². The number of benzene rings is 2. The van der Waals surface area contributed by atoms with Crippen LogP contribution in [0.2, 0.25) is 5.02 Å². The monoisotopic (exact) mass is 281 g/mol. The van der Waals surface area contributed by atoms with Crippen molar-refractivity contribution in [2.75, 3.05) is 6.54 Å². The van der Waals surface area contributed by atoms with E-state index in [1.54, 1.807) is 18.2 Å². The first-order valence-corrected chi connectivity index (χ1v) is 6.43. The molecule has 1 N–H and O–H groups in total. The smallest absolute Gasteiger partial charge is 0.141 e. The highest BCUT2D eigenvalue weighted by Crippen LogP contribution is 2.26. The summed E-state index contributed by atoms with van der Waals surface area (Å²) in [5, 5.41) is 3.31. The molecule has 0 radical (unpaired) electrons. The summed E-state index contributed by atoms with van der Waals surface area (Å²) in [6.07, 6.45) is 0. The Kier molecular flexibility index (Phi) is 4.51. The van der Waals surface area contributed by atoms with E-state index in [9.17, 15) is 8.78 Å². The molecule has 0 amide bonds. The normalized spacial score (nSPS) is 12.4. The summed E-state index contributed by atoms with van der Waals surface area (Å²) in [6.45, 7) is 2.66. The molecule has 2 aromatic rings. The van der Waals surface area contributed by atoms with Gasteiger partial charge in [-0.2, -0.15) is 0 Å². The first-order chi connectivity index (χ1) is 9.11. The maximum Gasteiger partial charge on any atom is 0.141 e. The van der Waals surface area contributed by atoms with Gasteiger partial charge in [0.05, 0.1) is 11.1 Å². The van der Waals surface area contributed by atoms with E-state index in [0.29, 0.717) is 6.54 Å². The number of hydrogen-bond donors (Lipinski definition) is 1. The van der Waals surface area contributed by atoms with Crippen LogP contribution in [0, 0.1) is 11.6 Å². The van der Waals surface area contributed by atoms with Crippen LogP contribution in [0.25, 0.3) is 0 Å². The van der Waals surface area contributed by atoms with Crippen molar-refractivity contribution in [3.63, 3.8) is 0 Å². The van der Waals surface area contributed by atoms with Crippen LogP contribution in [0.5, 0.6) is 0 Å². The Hall–Kier alpha value is -1.45. The summed E-state index contributed by atoms with van der Waals surface area (Å²) >= 11 is 5.80. The fourth-order valence-corrected chi connectivity index (χ4v) is 2.20. The molecule has 0 fully saturated rings. The number of rotatable bonds is 4. The molecule has 0 aliphatic carbocycles. The summed E-state index contributed by atoms with van der Waals surface area (Å²) in [5.74, 6) is -0.756. The van der Waals surface area contributed by atoms with Gasteiger partial charge in [-0.1, -0.05) is 36.7 Å². The van der Waals surface area contributed by atoms with Crippen molar-refractivity contribution in [2.45, 2.75) is 13.0 Å². The average molecular weight is 282 g/mol. The van der Waals surface area contributed by atoms with Gasteiger partial charge in [0.25, 0.3) is 0 Å². The third-order valence-electron chi connectivity index (χ3n) is 2.87. The molecule has 1 unspecified atom stereocenters. The molecule has 2 rings (SSSR count). The second-order valence-electron chi connectivity index (χ2n) is 4.22. The minimum Gasteiger partial charge on any atom is -0.307 e. The highest BCUT2D eigenvalue weighted by molar-refractivity contribution is 6.30. The highest BCUT2D eigenvalue weighted by atomic mass is 35.5. The van der Waals surface area contributed by atoms with Crippen LogP contribution in [-0.4, -0.2) is 6.54 Å². The molecule has 1 atom stereocenters. The molecule has 100 valence electrons. The van der Waals surface area contributed by atoms with Crippen LogP contribution in [-0.2, 0) is 0 Å². The van der Waals surface area contributed by atoms with Crippen LogP contribution in [0.1, 0.15) is 24.1 Å². The Morgan fingerprint density at radius 3 is 2.47 bits per heavy atom. The van der Waals surface area contributed by atoms with Crippen LogP contribution in [0.4, 0.5) is 8.78 Å². The van der Waals surface area contributed by atoms with Gasteiger partial charge in [0.1, 0.15) is 11.6 Å². The maximum atomic E-state index is 13.3. The first kappa shape index (κ1) is 14.0. The molecule has 0 bridgehead atoms. The van der Waals surface area contributed by atoms with Gasteiger partial charge in [-0.15, -0.1) is 0 Å². The van der Waals surface area contributed by atoms with E-state index in [2.05, 4.69) is 5.32 Å². The molecular weight excluding hydrogens is 268 g/mol. The lowest BCUT2D eigenvalue weighted by Crippen LogP contribution is -2.22. The summed E-state index contributed by atoms with van der Waals surface area (Å²) in [4.78, 5) is 0. The van der Waals surface area contributed by atoms with Gasteiger partial charge in [-0.05, 0) is 41.9 Å². The van der Waals surface area contributed by atoms with E-state index in [0.717, 1.165) is 11.1 Å². The van der Waals surface area contributed by atoms with Crippen molar-refractivity contribution in [1.82, 2.24) is 5.32 Å². The van der Waals surface area contributed by atoms with Crippen molar-refractivity contribution >= 4 is 11.6 Å². The predicted octanol–water partition coefficient (Wildman–Crippen LogP) is 4.32. The van der Waals surface area contributed by atoms with Crippen LogP contribution >= 0.6 is 11.6 Å². The summed E-state index contributed by atoms with van der Waals surface area (Å²) in [5.41, 5.74) is 1.59. The lowest BCUT2D eigenvalue weighted by molar-refractivity contribution is 0.599. The van der Waals surface area contributed by atoms with Gasteiger partial charge in [-0.25, -0.2) is 8.78 Å². The maximum absolute atomic E-state index is 13.3. The minimum atomic E-state index is -0.458. The third-order valence-corrected chi connectivity index (χ3v) is 3.16. The number of hydrogen-bond acceptors (Lipinski definition) is 1. The standard InChI is InChI=1S/C15H14ClF2N/c1-2-19-15(10-4-3-5-12(17)8-10)11-6-7-14(18)13(16)9-11/h3-9,15,19H,2H2,1H3. The third kappa shape index (κ3) is 3.31. The molecular formula is C15H14ClF2N. The number of nitrogens with one attached hydrogen (secondary N) is 1. The Morgan fingerprint density at radius 2 is 1.84 bits per heavy atom. The van der Waals surface area contributed by atoms with Crippen molar-refractivity contribution in [1.29, 1.82) is 0 Å². The second-order valence-corrected chi connectivity index (χ2v) is 4.63. The molecule has 0 spiro atoms. The first-order valence-electron chi connectivity index (χ1n) is 6.05. The second kappa shape index (κ2) is 6.13. The molecule has 0 aromatic heterocycles. The van der Waals surface area contributed by atoms with Crippen molar-refractivity contribution < 1.29 is 8.78 Å². The molecule has 4 heteroatoms. The zero-order valence-corrected chi connectivity index (χ0v) is 11.2. The lowest BCUT2D eigenvalue weighted by atomic mass is 9.98.